The van der Waals surface area contributed by atoms with Gasteiger partial charge in [0, 0.05) is 13.0 Å². The number of esters is 1. The van der Waals surface area contributed by atoms with Crippen molar-refractivity contribution in [2.24, 2.45) is 0 Å². The maximum atomic E-state index is 11.4. The van der Waals surface area contributed by atoms with Crippen LogP contribution in [0.25, 0.3) is 0 Å². The topological polar surface area (TPSA) is 50.4 Å². The highest BCUT2D eigenvalue weighted by molar-refractivity contribution is 7.80. The van der Waals surface area contributed by atoms with Crippen LogP contribution in [0.2, 0.25) is 0 Å². The van der Waals surface area contributed by atoms with Crippen LogP contribution in [0.4, 0.5) is 0 Å². The molecule has 0 aromatic heterocycles. The van der Waals surface area contributed by atoms with Crippen molar-refractivity contribution >= 4 is 23.3 Å². The zero-order chi connectivity index (χ0) is 13.0. The molecule has 1 heterocycles. The van der Waals surface area contributed by atoms with Gasteiger partial charge in [0.05, 0.1) is 0 Å². The van der Waals surface area contributed by atoms with Gasteiger partial charge in [-0.15, -0.1) is 0 Å². The van der Waals surface area contributed by atoms with E-state index in [0.717, 1.165) is 5.56 Å². The van der Waals surface area contributed by atoms with Crippen LogP contribution in [0.1, 0.15) is 18.9 Å². The fourth-order valence-corrected chi connectivity index (χ4v) is 2.08. The van der Waals surface area contributed by atoms with E-state index in [1.54, 1.807) is 0 Å². The Labute approximate surface area is 112 Å². The number of hydrogen-bond donors (Lipinski definition) is 2. The molecular weight excluding hydrogens is 248 g/mol. The van der Waals surface area contributed by atoms with Crippen LogP contribution >= 0.6 is 12.2 Å². The van der Waals surface area contributed by atoms with Crippen LogP contribution in [0.3, 0.4) is 0 Å². The summed E-state index contributed by atoms with van der Waals surface area (Å²) in [5.74, 6) is -0.230. The van der Waals surface area contributed by atoms with E-state index in [1.165, 1.54) is 0 Å². The molecule has 1 aromatic rings. The summed E-state index contributed by atoms with van der Waals surface area (Å²) in [5.41, 5.74) is 1.14. The van der Waals surface area contributed by atoms with E-state index in [-0.39, 0.29) is 18.1 Å². The van der Waals surface area contributed by atoms with Gasteiger partial charge in [-0.25, -0.2) is 4.79 Å². The van der Waals surface area contributed by atoms with Crippen molar-refractivity contribution in [3.8, 4) is 0 Å². The highest BCUT2D eigenvalue weighted by atomic mass is 32.1. The van der Waals surface area contributed by atoms with Gasteiger partial charge in [-0.2, -0.15) is 0 Å². The van der Waals surface area contributed by atoms with Crippen molar-refractivity contribution in [2.75, 3.05) is 0 Å². The Hall–Kier alpha value is -1.62. The average Bonchev–Trinajstić information content (AvgIpc) is 2.67. The molecule has 2 atom stereocenters. The molecule has 1 aliphatic heterocycles. The van der Waals surface area contributed by atoms with Crippen molar-refractivity contribution in [3.63, 3.8) is 0 Å². The highest BCUT2D eigenvalue weighted by Crippen LogP contribution is 2.13. The molecule has 5 heteroatoms. The second kappa shape index (κ2) is 5.82. The number of rotatable bonds is 3. The number of carbonyl (C=O) groups is 1. The van der Waals surface area contributed by atoms with Gasteiger partial charge >= 0.3 is 5.97 Å². The molecule has 2 N–H and O–H groups in total. The van der Waals surface area contributed by atoms with Crippen molar-refractivity contribution in [1.82, 2.24) is 10.6 Å². The number of cyclic esters (lactones) is 1. The zero-order valence-corrected chi connectivity index (χ0v) is 11.0. The maximum Gasteiger partial charge on any atom is 0.329 e. The molecule has 96 valence electrons. The van der Waals surface area contributed by atoms with Gasteiger partial charge in [0.15, 0.2) is 5.11 Å². The zero-order valence-electron chi connectivity index (χ0n) is 10.2. The minimum atomic E-state index is -0.323. The third kappa shape index (κ3) is 3.43. The molecular formula is C13H16N2O2S. The first-order chi connectivity index (χ1) is 8.65. The van der Waals surface area contributed by atoms with E-state index in [4.69, 9.17) is 17.0 Å². The van der Waals surface area contributed by atoms with Gasteiger partial charge in [0.1, 0.15) is 12.1 Å². The summed E-state index contributed by atoms with van der Waals surface area (Å²) in [4.78, 5) is 11.4. The lowest BCUT2D eigenvalue weighted by Crippen LogP contribution is -2.43. The van der Waals surface area contributed by atoms with Crippen LogP contribution < -0.4 is 10.6 Å². The Balaban J connectivity index is 1.77. The molecule has 1 aliphatic rings. The largest absolute Gasteiger partial charge is 0.461 e. The second-order valence-electron chi connectivity index (χ2n) is 4.35. The number of hydrogen-bond acceptors (Lipinski definition) is 3. The van der Waals surface area contributed by atoms with E-state index in [1.807, 2.05) is 37.3 Å². The lowest BCUT2D eigenvalue weighted by molar-refractivity contribution is -0.142. The summed E-state index contributed by atoms with van der Waals surface area (Å²) >= 11 is 5.15. The SMILES string of the molecule is C[C@@H]1C[C@@H](NC(=S)NCc2ccccc2)C(=O)O1. The predicted octanol–water partition coefficient (Wildman–Crippen LogP) is 1.35. The monoisotopic (exact) mass is 264 g/mol. The Morgan fingerprint density at radius 2 is 2.17 bits per heavy atom. The van der Waals surface area contributed by atoms with Crippen LogP contribution in [-0.2, 0) is 16.1 Å². The van der Waals surface area contributed by atoms with E-state index in [9.17, 15) is 4.79 Å². The molecule has 0 radical (unpaired) electrons. The standard InChI is InChI=1S/C13H16N2O2S/c1-9-7-11(12(16)17-9)15-13(18)14-8-10-5-3-2-4-6-10/h2-6,9,11H,7-8H2,1H3,(H2,14,15,18)/t9-,11-/m1/s1. The van der Waals surface area contributed by atoms with Crippen LogP contribution in [0.5, 0.6) is 0 Å². The van der Waals surface area contributed by atoms with Crippen LogP contribution in [-0.4, -0.2) is 23.2 Å². The first-order valence-electron chi connectivity index (χ1n) is 5.94. The molecule has 0 unspecified atom stereocenters. The highest BCUT2D eigenvalue weighted by Gasteiger charge is 2.32. The molecule has 1 fully saturated rings. The van der Waals surface area contributed by atoms with E-state index < -0.39 is 0 Å². The van der Waals surface area contributed by atoms with Crippen LogP contribution in [0.15, 0.2) is 30.3 Å². The second-order valence-corrected chi connectivity index (χ2v) is 4.76. The smallest absolute Gasteiger partial charge is 0.329 e. The molecule has 0 bridgehead atoms. The number of carbonyl (C=O) groups excluding carboxylic acids is 1. The van der Waals surface area contributed by atoms with Gasteiger partial charge in [-0.05, 0) is 24.7 Å². The summed E-state index contributed by atoms with van der Waals surface area (Å²) in [6.45, 7) is 2.52. The van der Waals surface area contributed by atoms with Gasteiger partial charge in [0.2, 0.25) is 0 Å². The Morgan fingerprint density at radius 3 is 2.78 bits per heavy atom. The molecule has 1 saturated heterocycles. The first-order valence-corrected chi connectivity index (χ1v) is 6.35. The van der Waals surface area contributed by atoms with Crippen molar-refractivity contribution in [1.29, 1.82) is 0 Å². The first kappa shape index (κ1) is 12.8. The van der Waals surface area contributed by atoms with E-state index >= 15 is 0 Å². The minimum Gasteiger partial charge on any atom is -0.461 e. The molecule has 2 rings (SSSR count). The predicted molar refractivity (Wildman–Crippen MR) is 73.0 cm³/mol. The van der Waals surface area contributed by atoms with Crippen LogP contribution in [0, 0.1) is 0 Å². The van der Waals surface area contributed by atoms with Crippen molar-refractivity contribution in [2.45, 2.75) is 32.0 Å². The molecule has 0 amide bonds. The number of ether oxygens (including phenoxy) is 1. The summed E-state index contributed by atoms with van der Waals surface area (Å²) in [6, 6.07) is 9.63. The van der Waals surface area contributed by atoms with Gasteiger partial charge < -0.3 is 15.4 Å². The molecule has 0 saturated carbocycles. The normalized spacial score (nSPS) is 22.4. The van der Waals surface area contributed by atoms with E-state index in [2.05, 4.69) is 10.6 Å². The molecule has 1 aromatic carbocycles. The Kier molecular flexibility index (Phi) is 4.15. The fourth-order valence-electron chi connectivity index (χ4n) is 1.86. The lowest BCUT2D eigenvalue weighted by atomic mass is 10.2. The quantitative estimate of drug-likeness (QED) is 0.637. The fraction of sp³-hybridized carbons (Fsp3) is 0.385. The third-order valence-corrected chi connectivity index (χ3v) is 3.03. The summed E-state index contributed by atoms with van der Waals surface area (Å²) < 4.78 is 5.05. The number of nitrogens with one attached hydrogen (secondary N) is 2. The third-order valence-electron chi connectivity index (χ3n) is 2.77. The summed E-state index contributed by atoms with van der Waals surface area (Å²) in [5, 5.41) is 6.53. The van der Waals surface area contributed by atoms with Gasteiger partial charge in [-0.3, -0.25) is 0 Å². The summed E-state index contributed by atoms with van der Waals surface area (Å²) in [7, 11) is 0. The van der Waals surface area contributed by atoms with Gasteiger partial charge in [0.25, 0.3) is 0 Å². The number of thiocarbonyl (C=S) groups is 1. The number of benzene rings is 1. The minimum absolute atomic E-state index is 0.0353. The van der Waals surface area contributed by atoms with Gasteiger partial charge in [-0.1, -0.05) is 30.3 Å². The average molecular weight is 264 g/mol. The Morgan fingerprint density at radius 1 is 1.44 bits per heavy atom. The Bertz CT molecular complexity index is 436. The molecule has 0 spiro atoms. The maximum absolute atomic E-state index is 11.4. The van der Waals surface area contributed by atoms with E-state index in [0.29, 0.717) is 18.1 Å². The molecule has 0 aliphatic carbocycles. The molecule has 18 heavy (non-hydrogen) atoms. The van der Waals surface area contributed by atoms with Crippen molar-refractivity contribution < 1.29 is 9.53 Å². The van der Waals surface area contributed by atoms with Crippen molar-refractivity contribution in [3.05, 3.63) is 35.9 Å². The lowest BCUT2D eigenvalue weighted by Gasteiger charge is -2.13. The summed E-state index contributed by atoms with van der Waals surface area (Å²) in [6.07, 6.45) is 0.623. The molecule has 4 nitrogen and oxygen atoms in total.